The first-order valence-electron chi connectivity index (χ1n) is 4.74. The lowest BCUT2D eigenvalue weighted by molar-refractivity contribution is 0.611. The van der Waals surface area contributed by atoms with E-state index in [1.807, 2.05) is 0 Å². The summed E-state index contributed by atoms with van der Waals surface area (Å²) in [5.74, 6) is 0.809. The first-order chi connectivity index (χ1) is 6.25. The van der Waals surface area contributed by atoms with Gasteiger partial charge in [-0.1, -0.05) is 35.0 Å². The zero-order valence-corrected chi connectivity index (χ0v) is 9.34. The second-order valence-electron chi connectivity index (χ2n) is 3.86. The second-order valence-corrected chi connectivity index (χ2v) is 4.77. The lowest BCUT2D eigenvalue weighted by Gasteiger charge is -2.10. The van der Waals surface area contributed by atoms with Crippen molar-refractivity contribution >= 4 is 15.9 Å². The predicted octanol–water partition coefficient (Wildman–Crippen LogP) is 3.12. The number of benzene rings is 1. The van der Waals surface area contributed by atoms with Crippen LogP contribution in [0.4, 0.5) is 0 Å². The molecule has 70 valence electrons. The minimum atomic E-state index is 0.562. The molecule has 0 unspecified atom stereocenters. The predicted molar refractivity (Wildman–Crippen MR) is 58.7 cm³/mol. The highest BCUT2D eigenvalue weighted by Crippen LogP contribution is 2.27. The van der Waals surface area contributed by atoms with Gasteiger partial charge in [-0.25, -0.2) is 0 Å². The van der Waals surface area contributed by atoms with E-state index >= 15 is 0 Å². The maximum atomic E-state index is 3.53. The minimum Gasteiger partial charge on any atom is -0.310 e. The molecule has 0 amide bonds. The molecule has 2 rings (SSSR count). The quantitative estimate of drug-likeness (QED) is 0.795. The normalized spacial score (nSPS) is 27.8. The summed E-state index contributed by atoms with van der Waals surface area (Å²) >= 11 is 3.50. The zero-order valence-electron chi connectivity index (χ0n) is 7.76. The first-order valence-corrected chi connectivity index (χ1v) is 5.54. The van der Waals surface area contributed by atoms with E-state index in [4.69, 9.17) is 0 Å². The van der Waals surface area contributed by atoms with E-state index in [-0.39, 0.29) is 0 Å². The Hall–Kier alpha value is -0.340. The average molecular weight is 240 g/mol. The number of hydrogen-bond acceptors (Lipinski definition) is 1. The Balaban J connectivity index is 2.16. The molecule has 1 fully saturated rings. The Morgan fingerprint density at radius 3 is 2.92 bits per heavy atom. The molecule has 2 atom stereocenters. The third kappa shape index (κ3) is 2.12. The van der Waals surface area contributed by atoms with Crippen LogP contribution in [0, 0.1) is 5.92 Å². The van der Waals surface area contributed by atoms with Gasteiger partial charge in [0.2, 0.25) is 0 Å². The van der Waals surface area contributed by atoms with Gasteiger partial charge in [-0.15, -0.1) is 0 Å². The smallest absolute Gasteiger partial charge is 0.0323 e. The summed E-state index contributed by atoms with van der Waals surface area (Å²) < 4.78 is 1.17. The average Bonchev–Trinajstić information content (AvgIpc) is 2.52. The molecule has 0 bridgehead atoms. The Morgan fingerprint density at radius 2 is 2.31 bits per heavy atom. The standard InChI is InChI=1S/C11H14BrN/c1-8-5-11(13-7-8)9-3-2-4-10(12)6-9/h2-4,6,8,11,13H,5,7H2,1H3/t8-,11+/m1/s1. The van der Waals surface area contributed by atoms with Crippen LogP contribution >= 0.6 is 15.9 Å². The van der Waals surface area contributed by atoms with E-state index in [2.05, 4.69) is 52.4 Å². The summed E-state index contributed by atoms with van der Waals surface area (Å²) in [6.45, 7) is 3.45. The van der Waals surface area contributed by atoms with E-state index in [1.54, 1.807) is 0 Å². The molecule has 0 spiro atoms. The molecule has 1 aliphatic rings. The zero-order chi connectivity index (χ0) is 9.26. The molecule has 0 saturated carbocycles. The fourth-order valence-corrected chi connectivity index (χ4v) is 2.31. The number of halogens is 1. The Bertz CT molecular complexity index is 298. The van der Waals surface area contributed by atoms with Gasteiger partial charge in [0.1, 0.15) is 0 Å². The number of rotatable bonds is 1. The van der Waals surface area contributed by atoms with E-state index < -0.39 is 0 Å². The lowest BCUT2D eigenvalue weighted by atomic mass is 10.0. The maximum Gasteiger partial charge on any atom is 0.0323 e. The molecular weight excluding hydrogens is 226 g/mol. The van der Waals surface area contributed by atoms with Crippen molar-refractivity contribution in [3.8, 4) is 0 Å². The summed E-state index contributed by atoms with van der Waals surface area (Å²) in [6.07, 6.45) is 1.26. The fourth-order valence-electron chi connectivity index (χ4n) is 1.89. The van der Waals surface area contributed by atoms with Crippen LogP contribution in [-0.2, 0) is 0 Å². The topological polar surface area (TPSA) is 12.0 Å². The van der Waals surface area contributed by atoms with Crippen molar-refractivity contribution in [2.75, 3.05) is 6.54 Å². The van der Waals surface area contributed by atoms with E-state index in [0.717, 1.165) is 12.5 Å². The minimum absolute atomic E-state index is 0.562. The molecule has 0 radical (unpaired) electrons. The lowest BCUT2D eigenvalue weighted by Crippen LogP contribution is -2.13. The van der Waals surface area contributed by atoms with Crippen LogP contribution < -0.4 is 5.32 Å². The van der Waals surface area contributed by atoms with Crippen molar-refractivity contribution in [3.05, 3.63) is 34.3 Å². The molecule has 1 heterocycles. The van der Waals surface area contributed by atoms with Crippen LogP contribution in [0.25, 0.3) is 0 Å². The third-order valence-corrected chi connectivity index (χ3v) is 3.10. The van der Waals surface area contributed by atoms with Gasteiger partial charge in [0.15, 0.2) is 0 Å². The molecule has 1 nitrogen and oxygen atoms in total. The van der Waals surface area contributed by atoms with Gasteiger partial charge < -0.3 is 5.32 Å². The molecule has 0 aromatic heterocycles. The Labute approximate surface area is 87.7 Å². The Kier molecular flexibility index (Phi) is 2.70. The third-order valence-electron chi connectivity index (χ3n) is 2.60. The van der Waals surface area contributed by atoms with Gasteiger partial charge in [0.05, 0.1) is 0 Å². The fraction of sp³-hybridized carbons (Fsp3) is 0.455. The van der Waals surface area contributed by atoms with Crippen molar-refractivity contribution in [1.29, 1.82) is 0 Å². The van der Waals surface area contributed by atoms with Gasteiger partial charge in [0, 0.05) is 10.5 Å². The van der Waals surface area contributed by atoms with Crippen LogP contribution in [0.1, 0.15) is 24.9 Å². The summed E-state index contributed by atoms with van der Waals surface area (Å²) in [4.78, 5) is 0. The van der Waals surface area contributed by atoms with Crippen LogP contribution in [0.15, 0.2) is 28.7 Å². The van der Waals surface area contributed by atoms with Gasteiger partial charge in [-0.05, 0) is 36.6 Å². The summed E-state index contributed by atoms with van der Waals surface area (Å²) in [7, 11) is 0. The van der Waals surface area contributed by atoms with Crippen LogP contribution in [0.5, 0.6) is 0 Å². The van der Waals surface area contributed by atoms with E-state index in [1.165, 1.54) is 16.5 Å². The molecular formula is C11H14BrN. The Morgan fingerprint density at radius 1 is 1.46 bits per heavy atom. The highest BCUT2D eigenvalue weighted by atomic mass is 79.9. The van der Waals surface area contributed by atoms with Crippen LogP contribution in [0.2, 0.25) is 0 Å². The van der Waals surface area contributed by atoms with Crippen molar-refractivity contribution in [2.24, 2.45) is 5.92 Å². The number of nitrogens with one attached hydrogen (secondary N) is 1. The maximum absolute atomic E-state index is 3.53. The van der Waals surface area contributed by atoms with Gasteiger partial charge >= 0.3 is 0 Å². The molecule has 0 aliphatic carbocycles. The highest BCUT2D eigenvalue weighted by Gasteiger charge is 2.21. The second kappa shape index (κ2) is 3.81. The summed E-state index contributed by atoms with van der Waals surface area (Å²) in [5.41, 5.74) is 1.40. The van der Waals surface area contributed by atoms with Gasteiger partial charge in [-0.3, -0.25) is 0 Å². The highest BCUT2D eigenvalue weighted by molar-refractivity contribution is 9.10. The monoisotopic (exact) mass is 239 g/mol. The van der Waals surface area contributed by atoms with Crippen molar-refractivity contribution in [3.63, 3.8) is 0 Å². The van der Waals surface area contributed by atoms with Crippen LogP contribution in [-0.4, -0.2) is 6.54 Å². The van der Waals surface area contributed by atoms with Crippen molar-refractivity contribution < 1.29 is 0 Å². The van der Waals surface area contributed by atoms with Crippen molar-refractivity contribution in [2.45, 2.75) is 19.4 Å². The molecule has 1 saturated heterocycles. The molecule has 1 aliphatic heterocycles. The van der Waals surface area contributed by atoms with Crippen LogP contribution in [0.3, 0.4) is 0 Å². The molecule has 1 aromatic carbocycles. The SMILES string of the molecule is C[C@H]1CN[C@H](c2cccc(Br)c2)C1. The van der Waals surface area contributed by atoms with E-state index in [0.29, 0.717) is 6.04 Å². The summed E-state index contributed by atoms with van der Waals surface area (Å²) in [5, 5.41) is 3.53. The molecule has 1 N–H and O–H groups in total. The molecule has 2 heteroatoms. The largest absolute Gasteiger partial charge is 0.310 e. The van der Waals surface area contributed by atoms with Gasteiger partial charge in [-0.2, -0.15) is 0 Å². The summed E-state index contributed by atoms with van der Waals surface area (Å²) in [6, 6.07) is 9.13. The van der Waals surface area contributed by atoms with E-state index in [9.17, 15) is 0 Å². The molecule has 1 aromatic rings. The first kappa shape index (κ1) is 9.22. The van der Waals surface area contributed by atoms with Crippen molar-refractivity contribution in [1.82, 2.24) is 5.32 Å². The van der Waals surface area contributed by atoms with Gasteiger partial charge in [0.25, 0.3) is 0 Å². The molecule has 13 heavy (non-hydrogen) atoms. The number of hydrogen-bond donors (Lipinski definition) is 1.